The molecule has 0 N–H and O–H groups in total. The average molecular weight is 841 g/mol. The number of nitrogens with zero attached hydrogens (tertiary/aromatic N) is 4. The minimum atomic E-state index is -0.235. The van der Waals surface area contributed by atoms with E-state index < -0.39 is 0 Å². The summed E-state index contributed by atoms with van der Waals surface area (Å²) in [5.74, 6) is 2.29. The van der Waals surface area contributed by atoms with Crippen molar-refractivity contribution >= 4 is 21.8 Å². The first-order valence-electron chi connectivity index (χ1n) is 19.6. The summed E-state index contributed by atoms with van der Waals surface area (Å²) in [5, 5.41) is 7.70. The zero-order valence-corrected chi connectivity index (χ0v) is 36.1. The van der Waals surface area contributed by atoms with Crippen LogP contribution in [0, 0.1) is 26.0 Å². The zero-order chi connectivity index (χ0) is 39.5. The molecule has 0 aliphatic rings. The molecule has 0 spiro atoms. The average Bonchev–Trinajstić information content (AvgIpc) is 3.73. The van der Waals surface area contributed by atoms with Gasteiger partial charge in [-0.2, -0.15) is 11.2 Å². The number of ether oxygens (including phenoxy) is 1. The van der Waals surface area contributed by atoms with Gasteiger partial charge in [-0.15, -0.1) is 41.3 Å². The fourth-order valence-corrected chi connectivity index (χ4v) is 7.95. The van der Waals surface area contributed by atoms with Crippen LogP contribution in [0.3, 0.4) is 0 Å². The molecule has 0 fully saturated rings. The Balaban J connectivity index is 0.00000496. The molecule has 0 atom stereocenters. The molecule has 8 aromatic rings. The summed E-state index contributed by atoms with van der Waals surface area (Å²) in [6.07, 6.45) is 1.88. The first-order valence-corrected chi connectivity index (χ1v) is 19.6. The standard InChI is InChI=1S/C51H50N4O.Pd/c1-32(2)37-27-38(55-49(51(8,9)10)47(48(53-55)50(5,6)7)46-33(3)17-16-18-34(46)4)30-40(28-37)56-39-23-24-42-41-21-14-15-22-43(41)54(44(42)31-39)45-29-36(25-26-52-45)35-19-12-11-13-20-35;/h11-29,32H,1-10H3;/q-2;+2. The molecule has 0 amide bonds. The Morgan fingerprint density at radius 2 is 1.35 bits per heavy atom. The van der Waals surface area contributed by atoms with Crippen LogP contribution in [0.5, 0.6) is 11.5 Å². The van der Waals surface area contributed by atoms with E-state index in [2.05, 4.69) is 188 Å². The number of benzene rings is 5. The van der Waals surface area contributed by atoms with Crippen LogP contribution < -0.4 is 4.74 Å². The maximum atomic E-state index is 6.79. The molecule has 0 bridgehead atoms. The van der Waals surface area contributed by atoms with E-state index in [0.717, 1.165) is 61.4 Å². The van der Waals surface area contributed by atoms with Gasteiger partial charge in [-0.05, 0) is 76.9 Å². The van der Waals surface area contributed by atoms with Crippen LogP contribution in [0.15, 0.2) is 115 Å². The molecule has 5 nitrogen and oxygen atoms in total. The Labute approximate surface area is 351 Å². The molecule has 0 unspecified atom stereocenters. The number of fused-ring (bicyclic) bond motifs is 3. The van der Waals surface area contributed by atoms with Crippen molar-refractivity contribution in [2.75, 3.05) is 0 Å². The van der Waals surface area contributed by atoms with Crippen molar-refractivity contribution in [2.45, 2.75) is 86.0 Å². The molecule has 3 aromatic heterocycles. The van der Waals surface area contributed by atoms with E-state index in [0.29, 0.717) is 11.5 Å². The Bertz CT molecular complexity index is 2720. The van der Waals surface area contributed by atoms with Gasteiger partial charge in [-0.3, -0.25) is 4.68 Å². The van der Waals surface area contributed by atoms with Gasteiger partial charge in [-0.25, -0.2) is 4.98 Å². The Kier molecular flexibility index (Phi) is 10.7. The van der Waals surface area contributed by atoms with Crippen LogP contribution in [-0.2, 0) is 31.3 Å². The van der Waals surface area contributed by atoms with Crippen LogP contribution >= 0.6 is 0 Å². The molecule has 0 saturated carbocycles. The van der Waals surface area contributed by atoms with E-state index in [1.54, 1.807) is 0 Å². The molecule has 8 rings (SSSR count). The monoisotopic (exact) mass is 840 g/mol. The maximum Gasteiger partial charge on any atom is 2.00 e. The minimum Gasteiger partial charge on any atom is -0.509 e. The Morgan fingerprint density at radius 1 is 0.649 bits per heavy atom. The predicted octanol–water partition coefficient (Wildman–Crippen LogP) is 13.4. The summed E-state index contributed by atoms with van der Waals surface area (Å²) in [5.41, 5.74) is 13.0. The first kappa shape index (κ1) is 39.9. The number of pyridine rings is 1. The second kappa shape index (κ2) is 15.2. The van der Waals surface area contributed by atoms with Crippen molar-refractivity contribution < 1.29 is 25.2 Å². The normalized spacial score (nSPS) is 12.1. The van der Waals surface area contributed by atoms with Gasteiger partial charge in [0.25, 0.3) is 0 Å². The summed E-state index contributed by atoms with van der Waals surface area (Å²) in [6, 6.07) is 45.4. The molecule has 0 saturated heterocycles. The molecule has 57 heavy (non-hydrogen) atoms. The van der Waals surface area contributed by atoms with Crippen LogP contribution in [0.1, 0.15) is 89.4 Å². The van der Waals surface area contributed by atoms with Crippen molar-refractivity contribution in [1.29, 1.82) is 0 Å². The molecule has 0 radical (unpaired) electrons. The number of hydrogen-bond acceptors (Lipinski definition) is 3. The third kappa shape index (κ3) is 7.50. The van der Waals surface area contributed by atoms with E-state index in [1.807, 2.05) is 18.3 Å². The molecular weight excluding hydrogens is 791 g/mol. The van der Waals surface area contributed by atoms with Crippen molar-refractivity contribution in [2.24, 2.45) is 0 Å². The smallest absolute Gasteiger partial charge is 0.509 e. The van der Waals surface area contributed by atoms with Gasteiger partial charge >= 0.3 is 20.4 Å². The van der Waals surface area contributed by atoms with Crippen molar-refractivity contribution in [3.8, 4) is 45.3 Å². The minimum absolute atomic E-state index is 0. The summed E-state index contributed by atoms with van der Waals surface area (Å²) in [4.78, 5) is 4.87. The Hall–Kier alpha value is -5.28. The number of hydrogen-bond donors (Lipinski definition) is 0. The van der Waals surface area contributed by atoms with E-state index >= 15 is 0 Å². The Morgan fingerprint density at radius 3 is 2.04 bits per heavy atom. The predicted molar refractivity (Wildman–Crippen MR) is 232 cm³/mol. The second-order valence-electron chi connectivity index (χ2n) is 17.4. The van der Waals surface area contributed by atoms with Gasteiger partial charge in [0.15, 0.2) is 0 Å². The van der Waals surface area contributed by atoms with Crippen molar-refractivity contribution in [1.82, 2.24) is 19.3 Å². The third-order valence-electron chi connectivity index (χ3n) is 10.6. The zero-order valence-electron chi connectivity index (χ0n) is 34.6. The topological polar surface area (TPSA) is 44.9 Å². The van der Waals surface area contributed by atoms with E-state index in [4.69, 9.17) is 14.8 Å². The quantitative estimate of drug-likeness (QED) is 0.119. The summed E-state index contributed by atoms with van der Waals surface area (Å²) >= 11 is 0. The molecule has 0 aliphatic heterocycles. The number of aromatic nitrogens is 4. The van der Waals surface area contributed by atoms with Gasteiger partial charge in [0.05, 0.1) is 11.4 Å². The summed E-state index contributed by atoms with van der Waals surface area (Å²) in [6.45, 7) is 22.4. The van der Waals surface area contributed by atoms with Gasteiger partial charge in [-0.1, -0.05) is 128 Å². The molecule has 0 aliphatic carbocycles. The molecule has 3 heterocycles. The van der Waals surface area contributed by atoms with Gasteiger partial charge < -0.3 is 9.30 Å². The molecule has 290 valence electrons. The van der Waals surface area contributed by atoms with Gasteiger partial charge in [0.1, 0.15) is 5.82 Å². The van der Waals surface area contributed by atoms with Gasteiger partial charge in [0.2, 0.25) is 0 Å². The summed E-state index contributed by atoms with van der Waals surface area (Å²) in [7, 11) is 0. The van der Waals surface area contributed by atoms with Crippen LogP contribution in [0.4, 0.5) is 0 Å². The fourth-order valence-electron chi connectivity index (χ4n) is 7.95. The second-order valence-corrected chi connectivity index (χ2v) is 17.4. The van der Waals surface area contributed by atoms with Crippen LogP contribution in [0.2, 0.25) is 0 Å². The molecule has 5 aromatic carbocycles. The van der Waals surface area contributed by atoms with E-state index in [1.165, 1.54) is 22.3 Å². The number of aryl methyl sites for hydroxylation is 2. The van der Waals surface area contributed by atoms with Crippen molar-refractivity contribution in [3.05, 3.63) is 156 Å². The SMILES string of the molecule is Cc1cccc(C)c1-c1c(C(C)(C)C)nn(-c2[c-]c(Oc3[c-]c4c(cc3)c3ccccc3n4-c3cc(-c4ccccc4)ccn3)cc(C(C)C)c2)c1C(C)(C)C.[Pd+2]. The summed E-state index contributed by atoms with van der Waals surface area (Å²) < 4.78 is 11.1. The fraction of sp³-hybridized carbons (Fsp3) is 0.255. The number of rotatable bonds is 7. The first-order chi connectivity index (χ1) is 26.7. The van der Waals surface area contributed by atoms with E-state index in [9.17, 15) is 0 Å². The van der Waals surface area contributed by atoms with Crippen LogP contribution in [0.25, 0.3) is 55.6 Å². The maximum absolute atomic E-state index is 6.79. The third-order valence-corrected chi connectivity index (χ3v) is 10.6. The van der Waals surface area contributed by atoms with E-state index in [-0.39, 0.29) is 37.2 Å². The molecule has 6 heteroatoms. The molecular formula is C51H50N4OPd. The largest absolute Gasteiger partial charge is 2.00 e. The van der Waals surface area contributed by atoms with Crippen molar-refractivity contribution in [3.63, 3.8) is 0 Å². The van der Waals surface area contributed by atoms with Crippen LogP contribution in [-0.4, -0.2) is 19.3 Å². The van der Waals surface area contributed by atoms with Gasteiger partial charge in [0, 0.05) is 39.6 Å². The number of para-hydroxylation sites is 1.